The third-order valence-electron chi connectivity index (χ3n) is 4.23. The van der Waals surface area contributed by atoms with E-state index in [1.165, 1.54) is 12.2 Å². The largest absolute Gasteiger partial charge is 0.377 e. The minimum Gasteiger partial charge on any atom is -0.377 e. The average Bonchev–Trinajstić information content (AvgIpc) is 3.14. The Morgan fingerprint density at radius 3 is 1.91 bits per heavy atom. The highest BCUT2D eigenvalue weighted by atomic mass is 16.6. The number of hydrogen-bond donors (Lipinski definition) is 5. The number of carbonyl (C=O) groups is 5. The maximum absolute atomic E-state index is 11.7. The molecule has 1 rings (SSSR count). The lowest BCUT2D eigenvalue weighted by Gasteiger charge is -2.14. The molecule has 0 atom stereocenters. The van der Waals surface area contributed by atoms with Crippen molar-refractivity contribution in [3.05, 3.63) is 12.2 Å². The van der Waals surface area contributed by atoms with Gasteiger partial charge in [-0.25, -0.2) is 5.90 Å². The van der Waals surface area contributed by atoms with E-state index in [1.54, 1.807) is 0 Å². The van der Waals surface area contributed by atoms with Crippen LogP contribution in [0.15, 0.2) is 12.2 Å². The molecule has 0 aromatic heterocycles. The van der Waals surface area contributed by atoms with E-state index in [-0.39, 0.29) is 63.8 Å². The summed E-state index contributed by atoms with van der Waals surface area (Å²) < 4.78 is 15.6. The van der Waals surface area contributed by atoms with Crippen LogP contribution >= 0.6 is 0 Å². The molecule has 1 aliphatic heterocycles. The molecule has 6 N–H and O–H groups in total. The van der Waals surface area contributed by atoms with Gasteiger partial charge in [0.1, 0.15) is 19.8 Å². The van der Waals surface area contributed by atoms with Crippen LogP contribution in [0.3, 0.4) is 0 Å². The smallest absolute Gasteiger partial charge is 0.253 e. The number of nitrogens with two attached hydrogens (primary N) is 1. The van der Waals surface area contributed by atoms with Gasteiger partial charge in [0.15, 0.2) is 0 Å². The molecule has 35 heavy (non-hydrogen) atoms. The molecule has 0 radical (unpaired) electrons. The summed E-state index contributed by atoms with van der Waals surface area (Å²) in [5.41, 5.74) is 0. The van der Waals surface area contributed by atoms with Crippen LogP contribution in [0.4, 0.5) is 0 Å². The molecule has 0 aromatic carbocycles. The third kappa shape index (κ3) is 15.5. The summed E-state index contributed by atoms with van der Waals surface area (Å²) in [5.74, 6) is 3.03. The zero-order valence-corrected chi connectivity index (χ0v) is 19.5. The van der Waals surface area contributed by atoms with Gasteiger partial charge in [-0.15, -0.1) is 0 Å². The fourth-order valence-electron chi connectivity index (χ4n) is 2.56. The van der Waals surface area contributed by atoms with E-state index in [4.69, 9.17) is 20.1 Å². The second-order valence-electron chi connectivity index (χ2n) is 6.99. The number of carbonyl (C=O) groups excluding carboxylic acids is 5. The Labute approximate surface area is 202 Å². The summed E-state index contributed by atoms with van der Waals surface area (Å²) in [6.45, 7) is 2.64. The lowest BCUT2D eigenvalue weighted by Crippen LogP contribution is -2.39. The summed E-state index contributed by atoms with van der Waals surface area (Å²) in [6, 6.07) is 0. The van der Waals surface area contributed by atoms with E-state index < -0.39 is 11.8 Å². The average molecular weight is 503 g/mol. The summed E-state index contributed by atoms with van der Waals surface area (Å²) in [4.78, 5) is 62.3. The van der Waals surface area contributed by atoms with Crippen molar-refractivity contribution in [3.8, 4) is 0 Å². The van der Waals surface area contributed by atoms with Crippen LogP contribution in [0.5, 0.6) is 0 Å². The van der Waals surface area contributed by atoms with Gasteiger partial charge in [-0.3, -0.25) is 33.7 Å². The first-order chi connectivity index (χ1) is 16.9. The molecule has 0 aromatic rings. The Morgan fingerprint density at radius 2 is 1.23 bits per heavy atom. The zero-order chi connectivity index (χ0) is 25.7. The van der Waals surface area contributed by atoms with Crippen LogP contribution in [-0.2, 0) is 43.0 Å². The van der Waals surface area contributed by atoms with Crippen LogP contribution < -0.4 is 27.2 Å². The standard InChI is InChI=1S/C20H34N6O9/c21-35-15-18(29)25-7-10-32-11-12-34-14-16(27)23-4-3-22-6-9-33-13-17(28)24-5-8-26-19(30)1-2-20(26)31/h1-2,22H,3-15,21H2,(H,23,27)(H,24,28)(H,25,29). The second kappa shape index (κ2) is 19.4. The first kappa shape index (κ1) is 30.1. The van der Waals surface area contributed by atoms with Crippen molar-refractivity contribution in [2.45, 2.75) is 0 Å². The first-order valence-corrected chi connectivity index (χ1v) is 11.0. The van der Waals surface area contributed by atoms with E-state index in [0.29, 0.717) is 39.4 Å². The van der Waals surface area contributed by atoms with Crippen molar-refractivity contribution in [2.24, 2.45) is 5.90 Å². The van der Waals surface area contributed by atoms with E-state index in [2.05, 4.69) is 26.1 Å². The van der Waals surface area contributed by atoms with Crippen molar-refractivity contribution in [1.82, 2.24) is 26.2 Å². The van der Waals surface area contributed by atoms with E-state index in [0.717, 1.165) is 4.90 Å². The Balaban J connectivity index is 1.82. The topological polar surface area (TPSA) is 200 Å². The SMILES string of the molecule is NOCC(=O)NCCOCCOCC(=O)NCCNCCOCC(=O)NCCN1C(=O)C=CC1=O. The van der Waals surface area contributed by atoms with Gasteiger partial charge in [0.25, 0.3) is 11.8 Å². The predicted octanol–water partition coefficient (Wildman–Crippen LogP) is -4.21. The molecule has 0 saturated heterocycles. The Morgan fingerprint density at radius 1 is 0.686 bits per heavy atom. The van der Waals surface area contributed by atoms with Crippen LogP contribution in [0.25, 0.3) is 0 Å². The van der Waals surface area contributed by atoms with Crippen molar-refractivity contribution < 1.29 is 43.0 Å². The molecular weight excluding hydrogens is 468 g/mol. The van der Waals surface area contributed by atoms with Gasteiger partial charge in [-0.05, 0) is 0 Å². The van der Waals surface area contributed by atoms with Crippen molar-refractivity contribution in [3.63, 3.8) is 0 Å². The van der Waals surface area contributed by atoms with Gasteiger partial charge >= 0.3 is 0 Å². The summed E-state index contributed by atoms with van der Waals surface area (Å²) in [5, 5.41) is 10.8. The summed E-state index contributed by atoms with van der Waals surface area (Å²) >= 11 is 0. The van der Waals surface area contributed by atoms with Gasteiger partial charge in [0, 0.05) is 51.4 Å². The number of amides is 5. The molecule has 0 fully saturated rings. The van der Waals surface area contributed by atoms with Gasteiger partial charge in [-0.1, -0.05) is 0 Å². The minimum absolute atomic E-state index is 0.0945. The van der Waals surface area contributed by atoms with Crippen LogP contribution in [0, 0.1) is 0 Å². The van der Waals surface area contributed by atoms with Gasteiger partial charge < -0.3 is 35.5 Å². The quantitative estimate of drug-likeness (QED) is 0.0579. The number of nitrogens with zero attached hydrogens (tertiary/aromatic N) is 1. The maximum atomic E-state index is 11.7. The first-order valence-electron chi connectivity index (χ1n) is 11.0. The van der Waals surface area contributed by atoms with Crippen LogP contribution in [0.2, 0.25) is 0 Å². The maximum Gasteiger partial charge on any atom is 0.253 e. The summed E-state index contributed by atoms with van der Waals surface area (Å²) in [6.07, 6.45) is 2.37. The van der Waals surface area contributed by atoms with Crippen LogP contribution in [-0.4, -0.2) is 120 Å². The molecule has 0 saturated carbocycles. The highest BCUT2D eigenvalue weighted by molar-refractivity contribution is 6.12. The van der Waals surface area contributed by atoms with E-state index in [1.807, 2.05) is 0 Å². The molecule has 15 nitrogen and oxygen atoms in total. The molecule has 0 aliphatic carbocycles. The Bertz CT molecular complexity index is 701. The molecule has 1 aliphatic rings. The molecule has 5 amide bonds. The number of hydrogen-bond acceptors (Lipinski definition) is 11. The van der Waals surface area contributed by atoms with Gasteiger partial charge in [0.2, 0.25) is 17.7 Å². The predicted molar refractivity (Wildman–Crippen MR) is 120 cm³/mol. The van der Waals surface area contributed by atoms with Gasteiger partial charge in [-0.2, -0.15) is 0 Å². The van der Waals surface area contributed by atoms with Crippen molar-refractivity contribution >= 4 is 29.5 Å². The van der Waals surface area contributed by atoms with Gasteiger partial charge in [0.05, 0.1) is 26.4 Å². The lowest BCUT2D eigenvalue weighted by molar-refractivity contribution is -0.137. The number of rotatable bonds is 21. The molecular formula is C20H34N6O9. The molecule has 0 unspecified atom stereocenters. The molecule has 198 valence electrons. The van der Waals surface area contributed by atoms with E-state index in [9.17, 15) is 24.0 Å². The highest BCUT2D eigenvalue weighted by Crippen LogP contribution is 2.01. The number of ether oxygens (including phenoxy) is 3. The second-order valence-corrected chi connectivity index (χ2v) is 6.99. The fraction of sp³-hybridized carbons (Fsp3) is 0.650. The highest BCUT2D eigenvalue weighted by Gasteiger charge is 2.22. The van der Waals surface area contributed by atoms with Crippen LogP contribution in [0.1, 0.15) is 0 Å². The monoisotopic (exact) mass is 502 g/mol. The minimum atomic E-state index is -0.393. The molecule has 15 heteroatoms. The molecule has 0 bridgehead atoms. The third-order valence-corrected chi connectivity index (χ3v) is 4.23. The molecule has 1 heterocycles. The van der Waals surface area contributed by atoms with Crippen molar-refractivity contribution in [2.75, 3.05) is 85.5 Å². The lowest BCUT2D eigenvalue weighted by atomic mass is 10.5. The number of imide groups is 1. The van der Waals surface area contributed by atoms with E-state index >= 15 is 0 Å². The van der Waals surface area contributed by atoms with Crippen molar-refractivity contribution in [1.29, 1.82) is 0 Å². The summed E-state index contributed by atoms with van der Waals surface area (Å²) in [7, 11) is 0. The molecule has 0 spiro atoms. The fourth-order valence-corrected chi connectivity index (χ4v) is 2.56. The zero-order valence-electron chi connectivity index (χ0n) is 19.5. The Kier molecular flexibility index (Phi) is 16.6. The normalized spacial score (nSPS) is 12.8. The number of nitrogens with one attached hydrogen (secondary N) is 4. The Hall–Kier alpha value is -2.95.